The van der Waals surface area contributed by atoms with E-state index >= 15 is 0 Å². The second-order valence-corrected chi connectivity index (χ2v) is 3.63. The summed E-state index contributed by atoms with van der Waals surface area (Å²) >= 11 is 0. The number of hydrogen-bond donors (Lipinski definition) is 0. The average molecular weight is 323 g/mol. The highest BCUT2D eigenvalue weighted by Gasteiger charge is 1.72. The van der Waals surface area contributed by atoms with Crippen LogP contribution in [-0.4, -0.2) is 28.4 Å². The lowest BCUT2D eigenvalue weighted by molar-refractivity contribution is 0.277. The van der Waals surface area contributed by atoms with Gasteiger partial charge in [0.05, 0.1) is 0 Å². The van der Waals surface area contributed by atoms with Crippen LogP contribution in [0, 0.1) is 6.92 Å². The van der Waals surface area contributed by atoms with Gasteiger partial charge in [-0.3, -0.25) is 0 Å². The van der Waals surface area contributed by atoms with E-state index in [1.54, 1.807) is 28.4 Å². The lowest BCUT2D eigenvalue weighted by atomic mass is 10.2. The van der Waals surface area contributed by atoms with Crippen molar-refractivity contribution >= 4 is 0 Å². The van der Waals surface area contributed by atoms with Crippen molar-refractivity contribution in [1.82, 2.24) is 0 Å². The zero-order chi connectivity index (χ0) is 18.8. The molecule has 0 heterocycles. The van der Waals surface area contributed by atoms with Crippen molar-refractivity contribution in [2.45, 2.75) is 34.6 Å². The van der Waals surface area contributed by atoms with Crippen molar-refractivity contribution in [3.8, 4) is 0 Å². The molecular weight excluding hydrogens is 284 g/mol. The van der Waals surface area contributed by atoms with Crippen LogP contribution in [0.4, 0.5) is 0 Å². The molecule has 0 fully saturated rings. The molecule has 0 bridgehead atoms. The van der Waals surface area contributed by atoms with Crippen molar-refractivity contribution in [2.24, 2.45) is 0 Å². The molecule has 0 aliphatic rings. The molecule has 0 amide bonds. The molecule has 0 atom stereocenters. The zero-order valence-electron chi connectivity index (χ0n) is 16.7. The van der Waals surface area contributed by atoms with Gasteiger partial charge < -0.3 is 9.47 Å². The van der Waals surface area contributed by atoms with Crippen LogP contribution in [0.25, 0.3) is 0 Å². The Balaban J connectivity index is -0.000000103. The molecule has 2 aromatic rings. The van der Waals surface area contributed by atoms with Gasteiger partial charge in [-0.15, -0.1) is 0 Å². The van der Waals surface area contributed by atoms with Crippen LogP contribution in [0.3, 0.4) is 0 Å². The van der Waals surface area contributed by atoms with Crippen LogP contribution >= 0.6 is 0 Å². The van der Waals surface area contributed by atoms with E-state index in [-0.39, 0.29) is 0 Å². The van der Waals surface area contributed by atoms with Gasteiger partial charge in [0.2, 0.25) is 0 Å². The van der Waals surface area contributed by atoms with Gasteiger partial charge in [-0.1, -0.05) is 100.0 Å². The van der Waals surface area contributed by atoms with Gasteiger partial charge >= 0.3 is 0 Å². The Morgan fingerprint density at radius 3 is 0.783 bits per heavy atom. The summed E-state index contributed by atoms with van der Waals surface area (Å²) in [5.74, 6) is 0. The van der Waals surface area contributed by atoms with E-state index in [2.05, 4.69) is 28.5 Å². The molecule has 0 saturated carbocycles. The van der Waals surface area contributed by atoms with E-state index in [0.717, 1.165) is 0 Å². The topological polar surface area (TPSA) is 18.5 Å². The minimum atomic E-state index is 1.32. The molecule has 0 saturated heterocycles. The first-order valence-electron chi connectivity index (χ1n) is 8.04. The van der Waals surface area contributed by atoms with Crippen molar-refractivity contribution in [1.29, 1.82) is 0 Å². The third kappa shape index (κ3) is 44.9. The first-order chi connectivity index (χ1) is 11.2. The molecule has 2 rings (SSSR count). The summed E-state index contributed by atoms with van der Waals surface area (Å²) in [4.78, 5) is 0. The highest BCUT2D eigenvalue weighted by atomic mass is 16.5. The molecule has 134 valence electrons. The molecular formula is C21H38O2. The summed E-state index contributed by atoms with van der Waals surface area (Å²) in [6.45, 7) is 10.1. The number of benzene rings is 2. The Bertz CT molecular complexity index is 305. The standard InChI is InChI=1S/C7H8.C6H6.2C2H6O.2C2H6/c1-7-5-3-2-4-6-7;1-2-4-6-5-3-1;2*1-3-2;2*1-2/h2-6H,1H3;1-6H;2*1-2H3;2*1-2H3. The third-order valence-corrected chi connectivity index (χ3v) is 1.61. The van der Waals surface area contributed by atoms with Crippen molar-refractivity contribution in [3.05, 3.63) is 72.3 Å². The maximum atomic E-state index is 4.25. The predicted molar refractivity (Wildman–Crippen MR) is 106 cm³/mol. The first-order valence-corrected chi connectivity index (χ1v) is 8.04. The normalized spacial score (nSPS) is 6.83. The fourth-order valence-electron chi connectivity index (χ4n) is 0.919. The molecule has 2 aromatic carbocycles. The average Bonchev–Trinajstić information content (AvgIpc) is 2.63. The second kappa shape index (κ2) is 37.0. The molecule has 0 aliphatic heterocycles. The van der Waals surface area contributed by atoms with Crippen LogP contribution in [0.2, 0.25) is 0 Å². The molecule has 2 nitrogen and oxygen atoms in total. The van der Waals surface area contributed by atoms with Crippen molar-refractivity contribution in [2.75, 3.05) is 28.4 Å². The van der Waals surface area contributed by atoms with Crippen LogP contribution in [0.5, 0.6) is 0 Å². The van der Waals surface area contributed by atoms with E-state index in [9.17, 15) is 0 Å². The predicted octanol–water partition coefficient (Wildman–Crippen LogP) is 6.26. The van der Waals surface area contributed by atoms with E-state index in [1.807, 2.05) is 82.3 Å². The second-order valence-electron chi connectivity index (χ2n) is 3.63. The maximum Gasteiger partial charge on any atom is 0.0351 e. The molecule has 0 aromatic heterocycles. The molecule has 0 N–H and O–H groups in total. The fraction of sp³-hybridized carbons (Fsp3) is 0.429. The summed E-state index contributed by atoms with van der Waals surface area (Å²) in [5, 5.41) is 0. The monoisotopic (exact) mass is 322 g/mol. The Morgan fingerprint density at radius 2 is 0.652 bits per heavy atom. The number of methoxy groups -OCH3 is 2. The Hall–Kier alpha value is -1.64. The Kier molecular flexibility index (Phi) is 47.3. The fourth-order valence-corrected chi connectivity index (χ4v) is 0.919. The van der Waals surface area contributed by atoms with Gasteiger partial charge in [0, 0.05) is 28.4 Å². The number of hydrogen-bond acceptors (Lipinski definition) is 2. The van der Waals surface area contributed by atoms with Gasteiger partial charge in [-0.25, -0.2) is 0 Å². The Morgan fingerprint density at radius 1 is 0.478 bits per heavy atom. The van der Waals surface area contributed by atoms with Crippen LogP contribution in [0.1, 0.15) is 33.3 Å². The van der Waals surface area contributed by atoms with Gasteiger partial charge in [0.15, 0.2) is 0 Å². The highest BCUT2D eigenvalue weighted by molar-refractivity contribution is 5.11. The molecule has 0 aliphatic carbocycles. The minimum Gasteiger partial charge on any atom is -0.388 e. The van der Waals surface area contributed by atoms with Crippen molar-refractivity contribution in [3.63, 3.8) is 0 Å². The third-order valence-electron chi connectivity index (χ3n) is 1.61. The van der Waals surface area contributed by atoms with Crippen LogP contribution < -0.4 is 0 Å². The molecule has 0 radical (unpaired) electrons. The zero-order valence-corrected chi connectivity index (χ0v) is 16.7. The molecule has 0 spiro atoms. The van der Waals surface area contributed by atoms with Crippen LogP contribution in [0.15, 0.2) is 66.7 Å². The van der Waals surface area contributed by atoms with Gasteiger partial charge in [0.25, 0.3) is 0 Å². The minimum absolute atomic E-state index is 1.32. The van der Waals surface area contributed by atoms with E-state index in [0.29, 0.717) is 0 Å². The molecule has 0 unspecified atom stereocenters. The maximum absolute atomic E-state index is 4.25. The van der Waals surface area contributed by atoms with Crippen molar-refractivity contribution < 1.29 is 9.47 Å². The molecule has 23 heavy (non-hydrogen) atoms. The number of aryl methyl sites for hydroxylation is 1. The summed E-state index contributed by atoms with van der Waals surface area (Å²) in [7, 11) is 6.50. The van der Waals surface area contributed by atoms with Crippen LogP contribution in [-0.2, 0) is 9.47 Å². The van der Waals surface area contributed by atoms with E-state index < -0.39 is 0 Å². The number of rotatable bonds is 0. The largest absolute Gasteiger partial charge is 0.388 e. The summed E-state index contributed by atoms with van der Waals surface area (Å²) in [6.07, 6.45) is 0. The summed E-state index contributed by atoms with van der Waals surface area (Å²) in [6, 6.07) is 22.3. The Labute approximate surface area is 145 Å². The molecule has 2 heteroatoms. The number of ether oxygens (including phenoxy) is 2. The SMILES string of the molecule is CC.CC.COC.COC.Cc1ccccc1.c1ccccc1. The lowest BCUT2D eigenvalue weighted by Crippen LogP contribution is -1.62. The smallest absolute Gasteiger partial charge is 0.0351 e. The van der Waals surface area contributed by atoms with Gasteiger partial charge in [0.1, 0.15) is 0 Å². The summed E-state index contributed by atoms with van der Waals surface area (Å²) < 4.78 is 8.50. The van der Waals surface area contributed by atoms with Gasteiger partial charge in [-0.2, -0.15) is 0 Å². The summed E-state index contributed by atoms with van der Waals surface area (Å²) in [5.41, 5.74) is 1.32. The first kappa shape index (κ1) is 29.4. The quantitative estimate of drug-likeness (QED) is 0.570. The van der Waals surface area contributed by atoms with Gasteiger partial charge in [-0.05, 0) is 6.92 Å². The lowest BCUT2D eigenvalue weighted by Gasteiger charge is -1.82. The van der Waals surface area contributed by atoms with E-state index in [4.69, 9.17) is 0 Å². The van der Waals surface area contributed by atoms with E-state index in [1.165, 1.54) is 5.56 Å². The highest BCUT2D eigenvalue weighted by Crippen LogP contribution is 1.92.